The molecule has 0 aliphatic carbocycles. The van der Waals surface area contributed by atoms with Gasteiger partial charge in [0.15, 0.2) is 5.96 Å². The maximum Gasteiger partial charge on any atom is 0.354 e. The Balaban J connectivity index is 0.000000941. The van der Waals surface area contributed by atoms with Crippen LogP contribution in [0.2, 0.25) is 0 Å². The zero-order valence-corrected chi connectivity index (χ0v) is 17.4. The molecule has 0 aliphatic heterocycles. The van der Waals surface area contributed by atoms with Gasteiger partial charge >= 0.3 is 5.69 Å². The van der Waals surface area contributed by atoms with E-state index in [2.05, 4.69) is 34.1 Å². The molecule has 8 heteroatoms. The van der Waals surface area contributed by atoms with Crippen molar-refractivity contribution < 1.29 is 0 Å². The summed E-state index contributed by atoms with van der Waals surface area (Å²) in [5, 5.41) is 4.25. The van der Waals surface area contributed by atoms with E-state index in [-0.39, 0.29) is 11.6 Å². The number of guanidine groups is 1. The highest BCUT2D eigenvalue weighted by atomic mass is 16.1. The Morgan fingerprint density at radius 1 is 1.24 bits per heavy atom. The summed E-state index contributed by atoms with van der Waals surface area (Å²) in [6, 6.07) is 9.81. The highest BCUT2D eigenvalue weighted by molar-refractivity contribution is 5.76. The lowest BCUT2D eigenvalue weighted by Gasteiger charge is -2.08. The van der Waals surface area contributed by atoms with Gasteiger partial charge in [-0.25, -0.2) is 4.79 Å². The summed E-state index contributed by atoms with van der Waals surface area (Å²) >= 11 is 0. The topological polar surface area (TPSA) is 127 Å². The summed E-state index contributed by atoms with van der Waals surface area (Å²) in [5.41, 5.74) is 13.8. The van der Waals surface area contributed by atoms with Crippen molar-refractivity contribution in [3.8, 4) is 5.69 Å². The highest BCUT2D eigenvalue weighted by Crippen LogP contribution is 2.13. The predicted octanol–water partition coefficient (Wildman–Crippen LogP) is 2.19. The Morgan fingerprint density at radius 2 is 1.93 bits per heavy atom. The lowest BCUT2D eigenvalue weighted by Crippen LogP contribution is -2.23. The van der Waals surface area contributed by atoms with Crippen molar-refractivity contribution in [1.29, 1.82) is 0 Å². The number of aryl methyl sites for hydroxylation is 1. The standard InChI is InChI=1S/C18H23N7O.C3H8/c1-12-9-14-11-25(18(26)24-16(14)23-12)15-5-3-13(4-6-15)10-21-7-2-8-22-17(19)20;1-3-2/h3-6,9,11,21H,2,7-8,10H2,1H3,(H4,19,20,22)(H,23,24,26);3H2,1-2H3. The van der Waals surface area contributed by atoms with Crippen LogP contribution in [0.25, 0.3) is 16.7 Å². The Bertz CT molecular complexity index is 982. The molecule has 0 fully saturated rings. The second-order valence-corrected chi connectivity index (χ2v) is 6.86. The lowest BCUT2D eigenvalue weighted by molar-refractivity contribution is 0.655. The molecule has 0 saturated heterocycles. The van der Waals surface area contributed by atoms with Gasteiger partial charge in [-0.15, -0.1) is 0 Å². The van der Waals surface area contributed by atoms with Crippen LogP contribution in [0.15, 0.2) is 46.3 Å². The number of aromatic amines is 1. The summed E-state index contributed by atoms with van der Waals surface area (Å²) in [4.78, 5) is 23.3. The van der Waals surface area contributed by atoms with E-state index in [9.17, 15) is 4.79 Å². The fraction of sp³-hybridized carbons (Fsp3) is 0.381. The summed E-state index contributed by atoms with van der Waals surface area (Å²) in [7, 11) is 0. The summed E-state index contributed by atoms with van der Waals surface area (Å²) in [6.07, 6.45) is 3.93. The molecule has 156 valence electrons. The van der Waals surface area contributed by atoms with Gasteiger partial charge in [0.1, 0.15) is 5.65 Å². The van der Waals surface area contributed by atoms with Crippen molar-refractivity contribution in [3.63, 3.8) is 0 Å². The number of nitrogens with two attached hydrogens (primary N) is 2. The average Bonchev–Trinajstić information content (AvgIpc) is 3.03. The van der Waals surface area contributed by atoms with Gasteiger partial charge < -0.3 is 21.8 Å². The van der Waals surface area contributed by atoms with E-state index in [4.69, 9.17) is 11.5 Å². The van der Waals surface area contributed by atoms with Crippen molar-refractivity contribution in [2.45, 2.75) is 40.2 Å². The predicted molar refractivity (Wildman–Crippen MR) is 119 cm³/mol. The van der Waals surface area contributed by atoms with Gasteiger partial charge in [-0.1, -0.05) is 32.4 Å². The van der Waals surface area contributed by atoms with Gasteiger partial charge in [-0.05, 0) is 43.7 Å². The van der Waals surface area contributed by atoms with Crippen LogP contribution in [-0.2, 0) is 6.54 Å². The van der Waals surface area contributed by atoms with Crippen LogP contribution in [0.3, 0.4) is 0 Å². The first-order chi connectivity index (χ1) is 13.9. The number of aromatic nitrogens is 3. The second-order valence-electron chi connectivity index (χ2n) is 6.86. The van der Waals surface area contributed by atoms with Gasteiger partial charge in [-0.3, -0.25) is 9.56 Å². The van der Waals surface area contributed by atoms with Crippen LogP contribution < -0.4 is 22.5 Å². The fourth-order valence-corrected chi connectivity index (χ4v) is 2.74. The van der Waals surface area contributed by atoms with E-state index in [0.717, 1.165) is 41.8 Å². The van der Waals surface area contributed by atoms with Gasteiger partial charge in [0.05, 0.1) is 5.69 Å². The number of aliphatic imine (C=N–C) groups is 1. The normalized spacial score (nSPS) is 10.4. The van der Waals surface area contributed by atoms with Crippen LogP contribution in [-0.4, -0.2) is 33.6 Å². The molecule has 3 aromatic rings. The Morgan fingerprint density at radius 3 is 2.59 bits per heavy atom. The van der Waals surface area contributed by atoms with Crippen molar-refractivity contribution in [1.82, 2.24) is 19.9 Å². The average molecular weight is 398 g/mol. The van der Waals surface area contributed by atoms with Crippen LogP contribution in [0, 0.1) is 6.92 Å². The zero-order chi connectivity index (χ0) is 21.2. The van der Waals surface area contributed by atoms with E-state index in [1.807, 2.05) is 43.5 Å². The minimum absolute atomic E-state index is 0.123. The molecule has 0 bridgehead atoms. The Kier molecular flexibility index (Phi) is 8.42. The highest BCUT2D eigenvalue weighted by Gasteiger charge is 2.06. The number of nitrogens with one attached hydrogen (secondary N) is 2. The quantitative estimate of drug-likeness (QED) is 0.276. The number of hydrogen-bond donors (Lipinski definition) is 4. The van der Waals surface area contributed by atoms with E-state index in [1.54, 1.807) is 4.57 Å². The lowest BCUT2D eigenvalue weighted by atomic mass is 10.2. The zero-order valence-electron chi connectivity index (χ0n) is 17.4. The molecule has 3 rings (SSSR count). The first kappa shape index (κ1) is 22.2. The Hall–Kier alpha value is -3.13. The molecule has 0 amide bonds. The van der Waals surface area contributed by atoms with Gasteiger partial charge in [0, 0.05) is 30.4 Å². The molecule has 0 atom stereocenters. The number of rotatable bonds is 7. The minimum atomic E-state index is -0.301. The summed E-state index contributed by atoms with van der Waals surface area (Å²) in [5.74, 6) is 0.123. The molecule has 29 heavy (non-hydrogen) atoms. The van der Waals surface area contributed by atoms with Crippen molar-refractivity contribution in [2.75, 3.05) is 13.1 Å². The smallest absolute Gasteiger partial charge is 0.354 e. The van der Waals surface area contributed by atoms with E-state index in [0.29, 0.717) is 12.2 Å². The molecule has 1 aromatic carbocycles. The Labute approximate surface area is 171 Å². The molecule has 6 N–H and O–H groups in total. The molecular weight excluding hydrogens is 366 g/mol. The number of nitrogens with zero attached hydrogens (tertiary/aromatic N) is 3. The summed E-state index contributed by atoms with van der Waals surface area (Å²) in [6.45, 7) is 8.37. The minimum Gasteiger partial charge on any atom is -0.370 e. The fourth-order valence-electron chi connectivity index (χ4n) is 2.74. The van der Waals surface area contributed by atoms with Crippen LogP contribution in [0.5, 0.6) is 0 Å². The molecule has 0 aliphatic rings. The van der Waals surface area contributed by atoms with Gasteiger partial charge in [0.2, 0.25) is 0 Å². The molecule has 0 spiro atoms. The SMILES string of the molecule is CCC.Cc1cc2cn(-c3ccc(CNCCCN=C(N)N)cc3)c(=O)nc2[nH]1. The van der Waals surface area contributed by atoms with Crippen molar-refractivity contribution in [2.24, 2.45) is 16.5 Å². The first-order valence-electron chi connectivity index (χ1n) is 9.89. The molecule has 0 unspecified atom stereocenters. The number of H-pyrrole nitrogens is 1. The van der Waals surface area contributed by atoms with Crippen molar-refractivity contribution >= 4 is 17.0 Å². The third kappa shape index (κ3) is 6.76. The third-order valence-corrected chi connectivity index (χ3v) is 3.99. The molecular formula is C21H31N7O. The number of benzene rings is 1. The maximum absolute atomic E-state index is 12.2. The van der Waals surface area contributed by atoms with Crippen LogP contribution in [0.4, 0.5) is 0 Å². The van der Waals surface area contributed by atoms with E-state index >= 15 is 0 Å². The van der Waals surface area contributed by atoms with E-state index < -0.39 is 0 Å². The van der Waals surface area contributed by atoms with Crippen LogP contribution >= 0.6 is 0 Å². The summed E-state index contributed by atoms with van der Waals surface area (Å²) < 4.78 is 1.56. The molecule has 2 aromatic heterocycles. The second kappa shape index (κ2) is 11.0. The monoisotopic (exact) mass is 397 g/mol. The van der Waals surface area contributed by atoms with Gasteiger partial charge in [-0.2, -0.15) is 4.98 Å². The molecule has 2 heterocycles. The van der Waals surface area contributed by atoms with Gasteiger partial charge in [0.25, 0.3) is 0 Å². The van der Waals surface area contributed by atoms with Crippen molar-refractivity contribution in [3.05, 3.63) is 58.3 Å². The third-order valence-electron chi connectivity index (χ3n) is 3.99. The largest absolute Gasteiger partial charge is 0.370 e. The molecule has 0 radical (unpaired) electrons. The number of hydrogen-bond acceptors (Lipinski definition) is 4. The maximum atomic E-state index is 12.2. The first-order valence-corrected chi connectivity index (χ1v) is 9.89. The number of fused-ring (bicyclic) bond motifs is 1. The van der Waals surface area contributed by atoms with Crippen LogP contribution in [0.1, 0.15) is 37.9 Å². The molecule has 0 saturated carbocycles. The molecule has 8 nitrogen and oxygen atoms in total. The van der Waals surface area contributed by atoms with E-state index in [1.165, 1.54) is 6.42 Å².